The van der Waals surface area contributed by atoms with Crippen molar-refractivity contribution >= 4 is 22.3 Å². The molecule has 2 N–H and O–H groups in total. The van der Waals surface area contributed by atoms with Crippen LogP contribution in [0.4, 0.5) is 5.13 Å². The van der Waals surface area contributed by atoms with Crippen molar-refractivity contribution in [3.8, 4) is 11.5 Å². The number of ether oxygens (including phenoxy) is 2. The first-order valence-electron chi connectivity index (χ1n) is 8.32. The van der Waals surface area contributed by atoms with Gasteiger partial charge in [-0.2, -0.15) is 0 Å². The smallest absolute Gasteiger partial charge is 0.180 e. The number of ketones is 1. The topological polar surface area (TPSA) is 77.7 Å². The first-order chi connectivity index (χ1) is 12.1. The van der Waals surface area contributed by atoms with Crippen molar-refractivity contribution in [1.82, 2.24) is 9.88 Å². The van der Waals surface area contributed by atoms with Gasteiger partial charge in [0.2, 0.25) is 0 Å². The fourth-order valence-corrected chi connectivity index (χ4v) is 3.94. The number of hydrogen-bond acceptors (Lipinski definition) is 7. The van der Waals surface area contributed by atoms with Crippen LogP contribution in [0.25, 0.3) is 0 Å². The Morgan fingerprint density at radius 3 is 2.84 bits per heavy atom. The van der Waals surface area contributed by atoms with Gasteiger partial charge in [-0.05, 0) is 18.6 Å². The van der Waals surface area contributed by atoms with Gasteiger partial charge in [0.1, 0.15) is 11.5 Å². The minimum absolute atomic E-state index is 0.0842. The average Bonchev–Trinajstić information content (AvgIpc) is 2.89. The maximum absolute atomic E-state index is 12.6. The number of nitrogens with two attached hydrogens (primary N) is 1. The molecule has 0 saturated carbocycles. The predicted octanol–water partition coefficient (Wildman–Crippen LogP) is 2.42. The third kappa shape index (κ3) is 4.11. The first-order valence-corrected chi connectivity index (χ1v) is 9.14. The Bertz CT molecular complexity index is 735. The lowest BCUT2D eigenvalue weighted by atomic mass is 10.1. The number of hydrogen-bond donors (Lipinski definition) is 1. The van der Waals surface area contributed by atoms with E-state index in [1.54, 1.807) is 43.8 Å². The van der Waals surface area contributed by atoms with Crippen molar-refractivity contribution < 1.29 is 14.3 Å². The number of aromatic nitrogens is 1. The van der Waals surface area contributed by atoms with Gasteiger partial charge in [-0.3, -0.25) is 4.79 Å². The molecule has 0 bridgehead atoms. The lowest BCUT2D eigenvalue weighted by Crippen LogP contribution is -2.29. The molecular weight excluding hydrogens is 338 g/mol. The molecule has 6 nitrogen and oxygen atoms in total. The molecule has 2 heterocycles. The summed E-state index contributed by atoms with van der Waals surface area (Å²) in [7, 11) is 3.16. The van der Waals surface area contributed by atoms with Crippen molar-refractivity contribution in [2.24, 2.45) is 0 Å². The van der Waals surface area contributed by atoms with Crippen molar-refractivity contribution in [3.63, 3.8) is 0 Å². The Kier molecular flexibility index (Phi) is 5.55. The predicted molar refractivity (Wildman–Crippen MR) is 98.9 cm³/mol. The molecule has 7 heteroatoms. The van der Waals surface area contributed by atoms with Gasteiger partial charge in [0.15, 0.2) is 10.9 Å². The van der Waals surface area contributed by atoms with Crippen molar-refractivity contribution in [2.75, 3.05) is 39.6 Å². The highest BCUT2D eigenvalue weighted by atomic mass is 32.1. The largest absolute Gasteiger partial charge is 0.497 e. The molecule has 0 fully saturated rings. The molecule has 1 aromatic heterocycles. The standard InChI is InChI=1S/C18H23N3O3S/c1-23-12-3-4-13(16(11-12)24-2)15(22)6-9-21-8-5-14-17(7-10-21)25-18(19)20-14/h3-4,11H,5-10H2,1-2H3,(H2,19,20). The number of rotatable bonds is 6. The first kappa shape index (κ1) is 17.7. The van der Waals surface area contributed by atoms with Crippen LogP contribution in [0.1, 0.15) is 27.3 Å². The lowest BCUT2D eigenvalue weighted by Gasteiger charge is -2.19. The molecule has 1 aromatic carbocycles. The fourth-order valence-electron chi connectivity index (χ4n) is 3.08. The fraction of sp³-hybridized carbons (Fsp3) is 0.444. The number of anilines is 1. The van der Waals surface area contributed by atoms with Gasteiger partial charge in [0.05, 0.1) is 25.5 Å². The number of nitrogen functional groups attached to an aromatic ring is 1. The number of carbonyl (C=O) groups excluding carboxylic acids is 1. The summed E-state index contributed by atoms with van der Waals surface area (Å²) in [4.78, 5) is 20.6. The number of Topliss-reactive ketones (excluding diaryl/α,β-unsaturated/α-hetero) is 1. The zero-order valence-electron chi connectivity index (χ0n) is 14.6. The van der Waals surface area contributed by atoms with E-state index < -0.39 is 0 Å². The van der Waals surface area contributed by atoms with E-state index in [4.69, 9.17) is 15.2 Å². The number of carbonyl (C=O) groups is 1. The molecule has 0 radical (unpaired) electrons. The summed E-state index contributed by atoms with van der Waals surface area (Å²) in [6, 6.07) is 5.30. The van der Waals surface area contributed by atoms with Crippen LogP contribution in [0.2, 0.25) is 0 Å². The number of nitrogens with zero attached hydrogens (tertiary/aromatic N) is 2. The summed E-state index contributed by atoms with van der Waals surface area (Å²) in [6.45, 7) is 2.57. The maximum atomic E-state index is 12.6. The summed E-state index contributed by atoms with van der Waals surface area (Å²) in [5.41, 5.74) is 7.51. The maximum Gasteiger partial charge on any atom is 0.180 e. The van der Waals surface area contributed by atoms with Crippen LogP contribution in [0.5, 0.6) is 11.5 Å². The molecule has 25 heavy (non-hydrogen) atoms. The molecule has 1 aliphatic heterocycles. The van der Waals surface area contributed by atoms with Gasteiger partial charge in [0, 0.05) is 43.4 Å². The van der Waals surface area contributed by atoms with E-state index in [-0.39, 0.29) is 5.78 Å². The van der Waals surface area contributed by atoms with Crippen molar-refractivity contribution in [3.05, 3.63) is 34.3 Å². The summed E-state index contributed by atoms with van der Waals surface area (Å²) in [5.74, 6) is 1.32. The molecule has 2 aromatic rings. The normalized spacial score (nSPS) is 14.6. The van der Waals surface area contributed by atoms with Crippen LogP contribution < -0.4 is 15.2 Å². The van der Waals surface area contributed by atoms with Crippen LogP contribution in [-0.4, -0.2) is 49.5 Å². The van der Waals surface area contributed by atoms with Gasteiger partial charge >= 0.3 is 0 Å². The van der Waals surface area contributed by atoms with E-state index in [1.807, 2.05) is 0 Å². The van der Waals surface area contributed by atoms with E-state index in [2.05, 4.69) is 9.88 Å². The monoisotopic (exact) mass is 361 g/mol. The summed E-state index contributed by atoms with van der Waals surface area (Å²) < 4.78 is 10.5. The molecule has 0 unspecified atom stereocenters. The number of benzene rings is 1. The Balaban J connectivity index is 1.58. The zero-order valence-corrected chi connectivity index (χ0v) is 15.4. The van der Waals surface area contributed by atoms with E-state index >= 15 is 0 Å². The molecule has 0 amide bonds. The third-order valence-electron chi connectivity index (χ3n) is 4.48. The van der Waals surface area contributed by atoms with Gasteiger partial charge in [-0.1, -0.05) is 0 Å². The zero-order chi connectivity index (χ0) is 17.8. The minimum Gasteiger partial charge on any atom is -0.497 e. The van der Waals surface area contributed by atoms with Gasteiger partial charge in [-0.15, -0.1) is 11.3 Å². The summed E-state index contributed by atoms with van der Waals surface area (Å²) >= 11 is 1.58. The Hall–Kier alpha value is -2.12. The molecule has 0 aliphatic carbocycles. The average molecular weight is 361 g/mol. The third-order valence-corrected chi connectivity index (χ3v) is 5.47. The molecule has 3 rings (SSSR count). The molecule has 0 saturated heterocycles. The SMILES string of the molecule is COc1ccc(C(=O)CCN2CCc3nc(N)sc3CC2)c(OC)c1. The quantitative estimate of drug-likeness (QED) is 0.796. The highest BCUT2D eigenvalue weighted by Crippen LogP contribution is 2.26. The van der Waals surface area contributed by atoms with E-state index in [1.165, 1.54) is 4.88 Å². The van der Waals surface area contributed by atoms with E-state index in [9.17, 15) is 4.79 Å². The summed E-state index contributed by atoms with van der Waals surface area (Å²) in [6.07, 6.45) is 2.30. The molecule has 0 spiro atoms. The number of thiazole rings is 1. The Labute approximate surface area is 151 Å². The Morgan fingerprint density at radius 1 is 1.28 bits per heavy atom. The van der Waals surface area contributed by atoms with Crippen LogP contribution in [0.3, 0.4) is 0 Å². The van der Waals surface area contributed by atoms with E-state index in [0.29, 0.717) is 28.6 Å². The van der Waals surface area contributed by atoms with Crippen LogP contribution in [-0.2, 0) is 12.8 Å². The van der Waals surface area contributed by atoms with Gasteiger partial charge in [0.25, 0.3) is 0 Å². The molecule has 0 atom stereocenters. The highest BCUT2D eigenvalue weighted by Gasteiger charge is 2.19. The van der Waals surface area contributed by atoms with Crippen LogP contribution >= 0.6 is 11.3 Å². The minimum atomic E-state index is 0.0842. The number of fused-ring (bicyclic) bond motifs is 1. The summed E-state index contributed by atoms with van der Waals surface area (Å²) in [5, 5.41) is 0.653. The number of methoxy groups -OCH3 is 2. The van der Waals surface area contributed by atoms with Crippen molar-refractivity contribution in [1.29, 1.82) is 0 Å². The molecular formula is C18H23N3O3S. The second-order valence-electron chi connectivity index (χ2n) is 6.00. The lowest BCUT2D eigenvalue weighted by molar-refractivity contribution is 0.0962. The second kappa shape index (κ2) is 7.84. The van der Waals surface area contributed by atoms with Crippen LogP contribution in [0, 0.1) is 0 Å². The molecule has 134 valence electrons. The van der Waals surface area contributed by atoms with Gasteiger partial charge < -0.3 is 20.1 Å². The molecule has 1 aliphatic rings. The van der Waals surface area contributed by atoms with Crippen molar-refractivity contribution in [2.45, 2.75) is 19.3 Å². The van der Waals surface area contributed by atoms with Crippen LogP contribution in [0.15, 0.2) is 18.2 Å². The Morgan fingerprint density at radius 2 is 2.08 bits per heavy atom. The second-order valence-corrected chi connectivity index (χ2v) is 7.12. The van der Waals surface area contributed by atoms with Gasteiger partial charge in [-0.25, -0.2) is 4.98 Å². The highest BCUT2D eigenvalue weighted by molar-refractivity contribution is 7.15. The van der Waals surface area contributed by atoms with E-state index in [0.717, 1.165) is 38.2 Å².